The molecule has 0 unspecified atom stereocenters. The van der Waals surface area contributed by atoms with Gasteiger partial charge in [-0.1, -0.05) is 54.9 Å². The van der Waals surface area contributed by atoms with Gasteiger partial charge in [-0.2, -0.15) is 0 Å². The number of benzene rings is 3. The Balaban J connectivity index is 1.52. The first-order valence-electron chi connectivity index (χ1n) is 11.0. The van der Waals surface area contributed by atoms with Crippen molar-refractivity contribution in [3.63, 3.8) is 0 Å². The van der Waals surface area contributed by atoms with Crippen molar-refractivity contribution in [3.05, 3.63) is 89.2 Å². The van der Waals surface area contributed by atoms with Crippen LogP contribution < -0.4 is 5.43 Å². The summed E-state index contributed by atoms with van der Waals surface area (Å²) >= 11 is 1.61. The largest absolute Gasteiger partial charge is 0.285 e. The molecule has 0 radical (unpaired) electrons. The van der Waals surface area contributed by atoms with Gasteiger partial charge in [0.15, 0.2) is 0 Å². The fourth-order valence-corrected chi connectivity index (χ4v) is 5.13. The molecule has 2 aliphatic rings. The number of hydrogen-bond acceptors (Lipinski definition) is 4. The summed E-state index contributed by atoms with van der Waals surface area (Å²) in [6.45, 7) is 1.76. The number of nitrogens with zero attached hydrogens (tertiary/aromatic N) is 2. The molecule has 0 bridgehead atoms. The second kappa shape index (κ2) is 9.27. The molecule has 0 saturated carbocycles. The van der Waals surface area contributed by atoms with Gasteiger partial charge in [0.1, 0.15) is 5.82 Å². The van der Waals surface area contributed by atoms with Crippen molar-refractivity contribution in [2.75, 3.05) is 13.1 Å². The van der Waals surface area contributed by atoms with E-state index in [0.717, 1.165) is 41.3 Å². The Kier molecular flexibility index (Phi) is 6.06. The van der Waals surface area contributed by atoms with Gasteiger partial charge in [0, 0.05) is 39.6 Å². The van der Waals surface area contributed by atoms with Crippen LogP contribution in [0.4, 0.5) is 10.1 Å². The van der Waals surface area contributed by atoms with Gasteiger partial charge in [0.2, 0.25) is 0 Å². The molecule has 2 aliphatic heterocycles. The number of carbonyl (C=O) groups is 1. The zero-order chi connectivity index (χ0) is 21.9. The fraction of sp³-hybridized carbons (Fsp3) is 0.231. The third-order valence-electron chi connectivity index (χ3n) is 5.78. The molecule has 2 heterocycles. The molecule has 0 atom stereocenters. The lowest BCUT2D eigenvalue weighted by Gasteiger charge is -2.21. The summed E-state index contributed by atoms with van der Waals surface area (Å²) in [5.74, 6) is -0.422. The van der Waals surface area contributed by atoms with Gasteiger partial charge in [-0.15, -0.1) is 0 Å². The second-order valence-electron chi connectivity index (χ2n) is 8.09. The van der Waals surface area contributed by atoms with E-state index in [1.165, 1.54) is 25.0 Å². The smallest absolute Gasteiger partial charge is 0.265 e. The maximum absolute atomic E-state index is 14.0. The van der Waals surface area contributed by atoms with Crippen LogP contribution in [0.2, 0.25) is 0 Å². The Labute approximate surface area is 191 Å². The number of nitrogens with one attached hydrogen (secondary N) is 1. The van der Waals surface area contributed by atoms with Crippen LogP contribution >= 0.6 is 11.8 Å². The molecule has 0 aliphatic carbocycles. The molecule has 3 aromatic rings. The number of fused-ring (bicyclic) bond motifs is 2. The number of amides is 1. The fourth-order valence-electron chi connectivity index (χ4n) is 4.13. The highest BCUT2D eigenvalue weighted by Gasteiger charge is 2.21. The Morgan fingerprint density at radius 1 is 0.906 bits per heavy atom. The Morgan fingerprint density at radius 3 is 2.53 bits per heavy atom. The van der Waals surface area contributed by atoms with E-state index in [0.29, 0.717) is 22.5 Å². The monoisotopic (exact) mass is 445 g/mol. The van der Waals surface area contributed by atoms with Crippen molar-refractivity contribution in [1.29, 1.82) is 0 Å². The maximum Gasteiger partial charge on any atom is 0.265 e. The molecule has 3 aromatic carbocycles. The van der Waals surface area contributed by atoms with Crippen molar-refractivity contribution in [1.82, 2.24) is 10.4 Å². The van der Waals surface area contributed by atoms with Gasteiger partial charge in [-0.25, -0.2) is 14.4 Å². The highest BCUT2D eigenvalue weighted by Crippen LogP contribution is 2.41. The Hall–Kier alpha value is -2.96. The van der Waals surface area contributed by atoms with E-state index in [-0.39, 0.29) is 11.7 Å². The van der Waals surface area contributed by atoms with Gasteiger partial charge in [-0.05, 0) is 49.2 Å². The predicted octanol–water partition coefficient (Wildman–Crippen LogP) is 5.98. The summed E-state index contributed by atoms with van der Waals surface area (Å²) in [5.41, 5.74) is 6.71. The molecule has 0 aromatic heterocycles. The van der Waals surface area contributed by atoms with Gasteiger partial charge < -0.3 is 0 Å². The molecular formula is C26H24FN3OS. The number of carbonyl (C=O) groups excluding carboxylic acids is 1. The lowest BCUT2D eigenvalue weighted by molar-refractivity contribution is 0.0794. The van der Waals surface area contributed by atoms with Crippen molar-refractivity contribution < 1.29 is 9.18 Å². The first-order valence-corrected chi connectivity index (χ1v) is 11.8. The normalized spacial score (nSPS) is 16.2. The number of hydrazine groups is 1. The maximum atomic E-state index is 14.0. The van der Waals surface area contributed by atoms with Crippen LogP contribution in [-0.4, -0.2) is 29.7 Å². The average Bonchev–Trinajstić information content (AvgIpc) is 3.15. The number of rotatable bonds is 3. The van der Waals surface area contributed by atoms with E-state index < -0.39 is 0 Å². The highest BCUT2D eigenvalue weighted by molar-refractivity contribution is 7.99. The zero-order valence-electron chi connectivity index (χ0n) is 17.7. The summed E-state index contributed by atoms with van der Waals surface area (Å²) in [4.78, 5) is 19.9. The average molecular weight is 446 g/mol. The summed E-state index contributed by atoms with van der Waals surface area (Å²) in [5, 5.41) is 2.02. The van der Waals surface area contributed by atoms with Gasteiger partial charge >= 0.3 is 0 Å². The summed E-state index contributed by atoms with van der Waals surface area (Å²) in [7, 11) is 0. The number of hydrogen-bond donors (Lipinski definition) is 1. The third kappa shape index (κ3) is 4.47. The number of halogens is 1. The van der Waals surface area contributed by atoms with E-state index in [9.17, 15) is 9.18 Å². The van der Waals surface area contributed by atoms with Crippen LogP contribution in [0.25, 0.3) is 0 Å². The summed E-state index contributed by atoms with van der Waals surface area (Å²) in [6, 6.07) is 20.1. The second-order valence-corrected chi connectivity index (χ2v) is 9.18. The zero-order valence-corrected chi connectivity index (χ0v) is 18.5. The van der Waals surface area contributed by atoms with Crippen LogP contribution in [0.5, 0.6) is 0 Å². The van der Waals surface area contributed by atoms with Crippen LogP contribution in [0, 0.1) is 5.82 Å². The quantitative estimate of drug-likeness (QED) is 0.422. The van der Waals surface area contributed by atoms with Gasteiger partial charge in [-0.3, -0.25) is 10.2 Å². The van der Waals surface area contributed by atoms with Gasteiger partial charge in [0.05, 0.1) is 11.4 Å². The van der Waals surface area contributed by atoms with E-state index in [2.05, 4.69) is 5.43 Å². The molecule has 5 rings (SSSR count). The third-order valence-corrected chi connectivity index (χ3v) is 6.92. The minimum atomic E-state index is -0.301. The Bertz CT molecular complexity index is 1190. The van der Waals surface area contributed by atoms with Gasteiger partial charge in [0.25, 0.3) is 5.91 Å². The van der Waals surface area contributed by atoms with Crippen molar-refractivity contribution >= 4 is 29.1 Å². The molecule has 4 nitrogen and oxygen atoms in total. The van der Waals surface area contributed by atoms with Crippen LogP contribution in [0.1, 0.15) is 47.2 Å². The lowest BCUT2D eigenvalue weighted by Crippen LogP contribution is -2.42. The summed E-state index contributed by atoms with van der Waals surface area (Å²) in [6.07, 6.45) is 4.61. The molecule has 1 saturated heterocycles. The van der Waals surface area contributed by atoms with E-state index in [1.54, 1.807) is 17.8 Å². The molecule has 1 fully saturated rings. The molecule has 0 spiro atoms. The number of aliphatic imine (C=N–C) groups is 1. The minimum Gasteiger partial charge on any atom is -0.285 e. The van der Waals surface area contributed by atoms with Crippen molar-refractivity contribution in [2.45, 2.75) is 35.5 Å². The summed E-state index contributed by atoms with van der Waals surface area (Å²) < 4.78 is 14.0. The first kappa shape index (κ1) is 20.9. The highest BCUT2D eigenvalue weighted by atomic mass is 32.2. The van der Waals surface area contributed by atoms with E-state index >= 15 is 0 Å². The molecule has 1 amide bonds. The first-order chi connectivity index (χ1) is 15.7. The molecule has 6 heteroatoms. The molecular weight excluding hydrogens is 421 g/mol. The van der Waals surface area contributed by atoms with Crippen LogP contribution in [0.3, 0.4) is 0 Å². The Morgan fingerprint density at radius 2 is 1.72 bits per heavy atom. The van der Waals surface area contributed by atoms with Crippen molar-refractivity contribution in [2.24, 2.45) is 4.99 Å². The topological polar surface area (TPSA) is 44.7 Å². The molecule has 1 N–H and O–H groups in total. The predicted molar refractivity (Wildman–Crippen MR) is 126 cm³/mol. The van der Waals surface area contributed by atoms with Crippen LogP contribution in [0.15, 0.2) is 81.5 Å². The molecule has 32 heavy (non-hydrogen) atoms. The molecule has 162 valence electrons. The standard InChI is InChI=1S/C26H24FN3OS/c27-20-9-7-8-18(16-20)25-21-10-3-4-11-23(21)32-24-13-12-19(17-22(24)28-25)26(31)29-30-14-5-1-2-6-15-30/h3-4,7-13,16-17H,1-2,5-6,14-15H2,(H,29,31). The van der Waals surface area contributed by atoms with E-state index in [1.807, 2.05) is 53.5 Å². The van der Waals surface area contributed by atoms with Crippen molar-refractivity contribution in [3.8, 4) is 0 Å². The lowest BCUT2D eigenvalue weighted by atomic mass is 10.0. The SMILES string of the molecule is O=C(NN1CCCCCC1)c1ccc2c(c1)N=C(c1cccc(F)c1)c1ccccc1S2. The minimum absolute atomic E-state index is 0.121. The van der Waals surface area contributed by atoms with Crippen LogP contribution in [-0.2, 0) is 0 Å². The van der Waals surface area contributed by atoms with E-state index in [4.69, 9.17) is 4.99 Å².